The van der Waals surface area contributed by atoms with E-state index in [0.717, 1.165) is 25.9 Å². The lowest BCUT2D eigenvalue weighted by atomic mass is 10.0. The number of carbonyl (C=O) groups excluding carboxylic acids is 1. The maximum absolute atomic E-state index is 12.3. The number of halogens is 1. The molecule has 1 aliphatic heterocycles. The molecule has 1 saturated heterocycles. The van der Waals surface area contributed by atoms with E-state index in [9.17, 15) is 4.79 Å². The minimum absolute atomic E-state index is 0.0651. The van der Waals surface area contributed by atoms with Crippen molar-refractivity contribution in [2.45, 2.75) is 31.8 Å². The van der Waals surface area contributed by atoms with Gasteiger partial charge in [-0.3, -0.25) is 4.79 Å². The third kappa shape index (κ3) is 3.95. The van der Waals surface area contributed by atoms with Gasteiger partial charge in [-0.15, -0.1) is 0 Å². The van der Waals surface area contributed by atoms with Crippen molar-refractivity contribution in [2.24, 2.45) is 0 Å². The van der Waals surface area contributed by atoms with Crippen LogP contribution in [0.2, 0.25) is 5.02 Å². The molecule has 5 heteroatoms. The van der Waals surface area contributed by atoms with Crippen LogP contribution in [0.25, 0.3) is 0 Å². The van der Waals surface area contributed by atoms with E-state index in [2.05, 4.69) is 5.32 Å². The quantitative estimate of drug-likeness (QED) is 0.892. The van der Waals surface area contributed by atoms with Gasteiger partial charge >= 0.3 is 0 Å². The van der Waals surface area contributed by atoms with Crippen LogP contribution in [-0.4, -0.2) is 47.7 Å². The first-order valence-electron chi connectivity index (χ1n) is 7.02. The summed E-state index contributed by atoms with van der Waals surface area (Å²) in [4.78, 5) is 14.2. The second-order valence-corrected chi connectivity index (χ2v) is 5.76. The van der Waals surface area contributed by atoms with E-state index in [-0.39, 0.29) is 18.6 Å². The summed E-state index contributed by atoms with van der Waals surface area (Å²) >= 11 is 5.83. The highest BCUT2D eigenvalue weighted by atomic mass is 35.5. The Morgan fingerprint density at radius 2 is 2.00 bits per heavy atom. The van der Waals surface area contributed by atoms with E-state index in [4.69, 9.17) is 16.7 Å². The van der Waals surface area contributed by atoms with Crippen molar-refractivity contribution in [3.05, 3.63) is 34.9 Å². The Kier molecular flexibility index (Phi) is 5.40. The van der Waals surface area contributed by atoms with Crippen molar-refractivity contribution in [1.82, 2.24) is 10.2 Å². The highest BCUT2D eigenvalue weighted by molar-refractivity contribution is 6.30. The number of hydrogen-bond donors (Lipinski definition) is 2. The van der Waals surface area contributed by atoms with Crippen molar-refractivity contribution >= 4 is 17.5 Å². The topological polar surface area (TPSA) is 52.6 Å². The van der Waals surface area contributed by atoms with Crippen LogP contribution in [-0.2, 0) is 0 Å². The number of nitrogens with zero attached hydrogens (tertiary/aromatic N) is 1. The smallest absolute Gasteiger partial charge is 0.253 e. The molecule has 1 aromatic rings. The van der Waals surface area contributed by atoms with Crippen molar-refractivity contribution in [2.75, 3.05) is 19.7 Å². The van der Waals surface area contributed by atoms with Gasteiger partial charge in [-0.1, -0.05) is 11.6 Å². The number of hydrogen-bond acceptors (Lipinski definition) is 3. The molecule has 1 atom stereocenters. The molecule has 0 radical (unpaired) electrons. The van der Waals surface area contributed by atoms with Crippen LogP contribution >= 0.6 is 11.6 Å². The molecule has 20 heavy (non-hydrogen) atoms. The van der Waals surface area contributed by atoms with Crippen molar-refractivity contribution < 1.29 is 9.90 Å². The molecule has 1 aromatic carbocycles. The maximum Gasteiger partial charge on any atom is 0.253 e. The molecular formula is C15H21ClN2O2. The Morgan fingerprint density at radius 1 is 1.40 bits per heavy atom. The third-order valence-corrected chi connectivity index (χ3v) is 3.92. The summed E-state index contributed by atoms with van der Waals surface area (Å²) in [5, 5.41) is 13.0. The van der Waals surface area contributed by atoms with Gasteiger partial charge in [-0.25, -0.2) is 0 Å². The molecule has 1 aliphatic rings. The normalized spacial score (nSPS) is 18.1. The molecule has 0 saturated carbocycles. The summed E-state index contributed by atoms with van der Waals surface area (Å²) in [6, 6.07) is 7.51. The second-order valence-electron chi connectivity index (χ2n) is 5.32. The zero-order valence-electron chi connectivity index (χ0n) is 11.7. The predicted molar refractivity (Wildman–Crippen MR) is 80.1 cm³/mol. The van der Waals surface area contributed by atoms with E-state index in [1.165, 1.54) is 0 Å². The monoisotopic (exact) mass is 296 g/mol. The van der Waals surface area contributed by atoms with Gasteiger partial charge in [0.25, 0.3) is 5.91 Å². The molecular weight excluding hydrogens is 276 g/mol. The number of amides is 1. The van der Waals surface area contributed by atoms with E-state index in [0.29, 0.717) is 16.6 Å². The van der Waals surface area contributed by atoms with Gasteiger partial charge < -0.3 is 15.3 Å². The first-order chi connectivity index (χ1) is 9.60. The number of piperidine rings is 1. The van der Waals surface area contributed by atoms with Crippen LogP contribution in [0, 0.1) is 0 Å². The van der Waals surface area contributed by atoms with Crippen LogP contribution < -0.4 is 5.32 Å². The van der Waals surface area contributed by atoms with Crippen LogP contribution in [0.3, 0.4) is 0 Å². The number of carbonyl (C=O) groups is 1. The van der Waals surface area contributed by atoms with Gasteiger partial charge in [-0.05, 0) is 44.0 Å². The van der Waals surface area contributed by atoms with Crippen molar-refractivity contribution in [1.29, 1.82) is 0 Å². The van der Waals surface area contributed by atoms with Crippen LogP contribution in [0.15, 0.2) is 24.3 Å². The molecule has 4 nitrogen and oxygen atoms in total. The average Bonchev–Trinajstić information content (AvgIpc) is 2.48. The Bertz CT molecular complexity index is 442. The van der Waals surface area contributed by atoms with E-state index in [1.807, 2.05) is 11.8 Å². The molecule has 1 heterocycles. The molecule has 110 valence electrons. The highest BCUT2D eigenvalue weighted by Crippen LogP contribution is 2.16. The molecule has 2 rings (SSSR count). The minimum Gasteiger partial charge on any atom is -0.395 e. The SMILES string of the molecule is C[C@H](CO)NC1CCN(C(=O)c2ccc(Cl)cc2)CC1. The number of aliphatic hydroxyl groups is 1. The van der Waals surface area contributed by atoms with Crippen LogP contribution in [0.1, 0.15) is 30.1 Å². The van der Waals surface area contributed by atoms with Gasteiger partial charge in [0.15, 0.2) is 0 Å². The Balaban J connectivity index is 1.87. The van der Waals surface area contributed by atoms with Gasteiger partial charge in [0.05, 0.1) is 6.61 Å². The highest BCUT2D eigenvalue weighted by Gasteiger charge is 2.24. The number of aliphatic hydroxyl groups excluding tert-OH is 1. The fraction of sp³-hybridized carbons (Fsp3) is 0.533. The molecule has 0 unspecified atom stereocenters. The van der Waals surface area contributed by atoms with Crippen LogP contribution in [0.4, 0.5) is 0 Å². The molecule has 0 aliphatic carbocycles. The molecule has 1 fully saturated rings. The van der Waals surface area contributed by atoms with E-state index >= 15 is 0 Å². The first-order valence-corrected chi connectivity index (χ1v) is 7.39. The lowest BCUT2D eigenvalue weighted by Gasteiger charge is -2.33. The number of likely N-dealkylation sites (tertiary alicyclic amines) is 1. The summed E-state index contributed by atoms with van der Waals surface area (Å²) in [6.07, 6.45) is 1.84. The van der Waals surface area contributed by atoms with Crippen molar-refractivity contribution in [3.8, 4) is 0 Å². The van der Waals surface area contributed by atoms with Gasteiger partial charge in [0.1, 0.15) is 0 Å². The third-order valence-electron chi connectivity index (χ3n) is 3.67. The Hall–Kier alpha value is -1.10. The standard InChI is InChI=1S/C15H21ClN2O2/c1-11(10-19)17-14-6-8-18(9-7-14)15(20)12-2-4-13(16)5-3-12/h2-5,11,14,17,19H,6-10H2,1H3/t11-/m1/s1. The average molecular weight is 297 g/mol. The zero-order valence-corrected chi connectivity index (χ0v) is 12.4. The summed E-state index contributed by atoms with van der Waals surface area (Å²) in [7, 11) is 0. The fourth-order valence-electron chi connectivity index (χ4n) is 2.48. The predicted octanol–water partition coefficient (Wildman–Crippen LogP) is 1.92. The van der Waals surface area contributed by atoms with Gasteiger partial charge in [0, 0.05) is 35.8 Å². The van der Waals surface area contributed by atoms with Gasteiger partial charge in [-0.2, -0.15) is 0 Å². The summed E-state index contributed by atoms with van der Waals surface area (Å²) < 4.78 is 0. The number of nitrogens with one attached hydrogen (secondary N) is 1. The fourth-order valence-corrected chi connectivity index (χ4v) is 2.61. The number of rotatable bonds is 4. The maximum atomic E-state index is 12.3. The zero-order chi connectivity index (χ0) is 14.5. The Labute approximate surface area is 124 Å². The van der Waals surface area contributed by atoms with E-state index < -0.39 is 0 Å². The molecule has 0 aromatic heterocycles. The summed E-state index contributed by atoms with van der Waals surface area (Å²) in [5.41, 5.74) is 0.685. The number of benzene rings is 1. The molecule has 1 amide bonds. The second kappa shape index (κ2) is 7.07. The molecule has 0 bridgehead atoms. The molecule has 0 spiro atoms. The van der Waals surface area contributed by atoms with Crippen molar-refractivity contribution in [3.63, 3.8) is 0 Å². The first kappa shape index (κ1) is 15.3. The largest absolute Gasteiger partial charge is 0.395 e. The lowest BCUT2D eigenvalue weighted by molar-refractivity contribution is 0.0698. The minimum atomic E-state index is 0.0651. The van der Waals surface area contributed by atoms with E-state index in [1.54, 1.807) is 24.3 Å². The molecule has 2 N–H and O–H groups in total. The summed E-state index contributed by atoms with van der Waals surface area (Å²) in [6.45, 7) is 3.60. The summed E-state index contributed by atoms with van der Waals surface area (Å²) in [5.74, 6) is 0.0651. The van der Waals surface area contributed by atoms with Crippen LogP contribution in [0.5, 0.6) is 0 Å². The Morgan fingerprint density at radius 3 is 2.55 bits per heavy atom. The van der Waals surface area contributed by atoms with Gasteiger partial charge in [0.2, 0.25) is 0 Å². The lowest BCUT2D eigenvalue weighted by Crippen LogP contribution is -2.47.